The van der Waals surface area contributed by atoms with E-state index in [1.54, 1.807) is 13.8 Å². The van der Waals surface area contributed by atoms with Crippen LogP contribution in [-0.2, 0) is 14.3 Å². The topological polar surface area (TPSA) is 125 Å². The summed E-state index contributed by atoms with van der Waals surface area (Å²) in [4.78, 5) is 36.0. The van der Waals surface area contributed by atoms with Crippen LogP contribution in [0.5, 0.6) is 0 Å². The molecule has 33 heavy (non-hydrogen) atoms. The summed E-state index contributed by atoms with van der Waals surface area (Å²) in [5.41, 5.74) is 2.81. The van der Waals surface area contributed by atoms with Gasteiger partial charge in [0.25, 0.3) is 0 Å². The quantitative estimate of drug-likeness (QED) is 0.462. The van der Waals surface area contributed by atoms with Gasteiger partial charge in [0.15, 0.2) is 0 Å². The van der Waals surface area contributed by atoms with E-state index >= 15 is 0 Å². The Morgan fingerprint density at radius 2 is 1.58 bits per heavy atom. The molecule has 2 amide bonds. The van der Waals surface area contributed by atoms with Crippen molar-refractivity contribution in [2.75, 3.05) is 13.2 Å². The molecule has 0 aliphatic heterocycles. The zero-order valence-corrected chi connectivity index (χ0v) is 19.0. The number of aliphatic carboxylic acids is 1. The highest BCUT2D eigenvalue weighted by Crippen LogP contribution is 2.44. The molecule has 2 aromatic carbocycles. The fourth-order valence-corrected chi connectivity index (χ4v) is 4.08. The molecule has 0 fully saturated rings. The molecule has 0 radical (unpaired) electrons. The van der Waals surface area contributed by atoms with E-state index in [0.717, 1.165) is 22.3 Å². The lowest BCUT2D eigenvalue weighted by Gasteiger charge is -2.26. The number of aliphatic hydroxyl groups is 1. The van der Waals surface area contributed by atoms with Gasteiger partial charge in [-0.2, -0.15) is 0 Å². The second-order valence-corrected chi connectivity index (χ2v) is 8.98. The number of alkyl carbamates (subject to hydrolysis) is 1. The smallest absolute Gasteiger partial charge is 0.407 e. The number of carbonyl (C=O) groups excluding carboxylic acids is 2. The molecule has 0 saturated carbocycles. The maximum atomic E-state index is 12.6. The van der Waals surface area contributed by atoms with E-state index in [4.69, 9.17) is 9.84 Å². The molecule has 3 rings (SSSR count). The minimum absolute atomic E-state index is 0.0967. The number of ether oxygens (including phenoxy) is 1. The number of carbonyl (C=O) groups is 3. The Bertz CT molecular complexity index is 988. The van der Waals surface area contributed by atoms with E-state index in [9.17, 15) is 19.5 Å². The van der Waals surface area contributed by atoms with Crippen molar-refractivity contribution in [3.05, 3.63) is 59.7 Å². The van der Waals surface area contributed by atoms with Gasteiger partial charge in [0.1, 0.15) is 12.6 Å². The van der Waals surface area contributed by atoms with E-state index in [0.29, 0.717) is 0 Å². The zero-order chi connectivity index (χ0) is 24.2. The van der Waals surface area contributed by atoms with Crippen LogP contribution in [0.3, 0.4) is 0 Å². The van der Waals surface area contributed by atoms with Crippen molar-refractivity contribution < 1.29 is 29.3 Å². The zero-order valence-electron chi connectivity index (χ0n) is 19.0. The maximum absolute atomic E-state index is 12.6. The van der Waals surface area contributed by atoms with E-state index in [1.165, 1.54) is 6.92 Å². The van der Waals surface area contributed by atoms with E-state index in [-0.39, 0.29) is 25.0 Å². The molecule has 0 aromatic heterocycles. The summed E-state index contributed by atoms with van der Waals surface area (Å²) >= 11 is 0. The van der Waals surface area contributed by atoms with E-state index < -0.39 is 36.0 Å². The predicted molar refractivity (Wildman–Crippen MR) is 123 cm³/mol. The summed E-state index contributed by atoms with van der Waals surface area (Å²) in [5.74, 6) is -2.05. The van der Waals surface area contributed by atoms with Crippen molar-refractivity contribution in [1.82, 2.24) is 10.6 Å². The predicted octanol–water partition coefficient (Wildman–Crippen LogP) is 2.89. The number of carboxylic acids is 1. The van der Waals surface area contributed by atoms with Crippen LogP contribution in [0.2, 0.25) is 0 Å². The fourth-order valence-electron chi connectivity index (χ4n) is 4.08. The highest BCUT2D eigenvalue weighted by Gasteiger charge is 2.31. The molecule has 2 aromatic rings. The highest BCUT2D eigenvalue weighted by atomic mass is 16.5. The van der Waals surface area contributed by atoms with Gasteiger partial charge in [-0.1, -0.05) is 62.4 Å². The van der Waals surface area contributed by atoms with Crippen LogP contribution in [0.1, 0.15) is 44.2 Å². The Hall–Kier alpha value is -3.39. The third-order valence-corrected chi connectivity index (χ3v) is 5.74. The Balaban J connectivity index is 1.61. The van der Waals surface area contributed by atoms with Gasteiger partial charge in [0.2, 0.25) is 5.91 Å². The van der Waals surface area contributed by atoms with Gasteiger partial charge < -0.3 is 25.6 Å². The van der Waals surface area contributed by atoms with Gasteiger partial charge in [-0.05, 0) is 35.1 Å². The molecule has 1 aliphatic carbocycles. The summed E-state index contributed by atoms with van der Waals surface area (Å²) in [6.07, 6.45) is -1.23. The molecule has 8 heteroatoms. The summed E-state index contributed by atoms with van der Waals surface area (Å²) in [6.45, 7) is 4.73. The number of hydrogen-bond donors (Lipinski definition) is 4. The number of fused-ring (bicyclic) bond motifs is 3. The SMILES string of the molecule is CC(C)[C@@H](NC(=O)OCC1c2ccccc2-c2ccccc21)C(=O)NCC(C)(O)CC(=O)O. The number of amides is 2. The van der Waals surface area contributed by atoms with Crippen LogP contribution >= 0.6 is 0 Å². The Kier molecular flexibility index (Phi) is 7.38. The van der Waals surface area contributed by atoms with Gasteiger partial charge in [-0.15, -0.1) is 0 Å². The van der Waals surface area contributed by atoms with Crippen LogP contribution in [0.25, 0.3) is 11.1 Å². The van der Waals surface area contributed by atoms with Crippen molar-refractivity contribution in [3.63, 3.8) is 0 Å². The van der Waals surface area contributed by atoms with Crippen molar-refractivity contribution in [1.29, 1.82) is 0 Å². The van der Waals surface area contributed by atoms with Crippen molar-refractivity contribution >= 4 is 18.0 Å². The van der Waals surface area contributed by atoms with Gasteiger partial charge in [0.05, 0.1) is 12.0 Å². The first-order valence-corrected chi connectivity index (χ1v) is 10.9. The minimum atomic E-state index is -1.60. The normalized spacial score (nSPS) is 15.2. The molecule has 4 N–H and O–H groups in total. The van der Waals surface area contributed by atoms with Crippen molar-refractivity contribution in [2.24, 2.45) is 5.92 Å². The maximum Gasteiger partial charge on any atom is 0.407 e. The van der Waals surface area contributed by atoms with Crippen LogP contribution in [0.15, 0.2) is 48.5 Å². The number of benzene rings is 2. The van der Waals surface area contributed by atoms with E-state index in [2.05, 4.69) is 10.6 Å². The standard InChI is InChI=1S/C25H30N2O6/c1-15(2)22(23(30)26-14-25(3,32)12-21(28)29)27-24(31)33-13-20-18-10-6-4-8-16(18)17-9-5-7-11-19(17)20/h4-11,15,20,22,32H,12-14H2,1-3H3,(H,26,30)(H,27,31)(H,28,29)/t22-,25?/m1/s1. The Labute approximate surface area is 193 Å². The number of nitrogens with one attached hydrogen (secondary N) is 2. The molecule has 1 unspecified atom stereocenters. The molecule has 0 bridgehead atoms. The molecule has 0 heterocycles. The van der Waals surface area contributed by atoms with Gasteiger partial charge in [-0.25, -0.2) is 4.79 Å². The molecule has 0 spiro atoms. The first-order chi connectivity index (χ1) is 15.6. The number of rotatable bonds is 9. The molecule has 2 atom stereocenters. The lowest BCUT2D eigenvalue weighted by molar-refractivity contribution is -0.142. The minimum Gasteiger partial charge on any atom is -0.481 e. The molecule has 1 aliphatic rings. The second kappa shape index (κ2) is 10.0. The lowest BCUT2D eigenvalue weighted by atomic mass is 9.98. The largest absolute Gasteiger partial charge is 0.481 e. The van der Waals surface area contributed by atoms with Gasteiger partial charge >= 0.3 is 12.1 Å². The summed E-state index contributed by atoms with van der Waals surface area (Å²) in [6, 6.07) is 15.1. The van der Waals surface area contributed by atoms with Crippen molar-refractivity contribution in [2.45, 2.75) is 44.8 Å². The molecule has 8 nitrogen and oxygen atoms in total. The summed E-state index contributed by atoms with van der Waals surface area (Å²) in [7, 11) is 0. The lowest BCUT2D eigenvalue weighted by Crippen LogP contribution is -2.53. The van der Waals surface area contributed by atoms with Gasteiger partial charge in [0, 0.05) is 12.5 Å². The van der Waals surface area contributed by atoms with E-state index in [1.807, 2.05) is 48.5 Å². The highest BCUT2D eigenvalue weighted by molar-refractivity contribution is 5.86. The molecule has 0 saturated heterocycles. The van der Waals surface area contributed by atoms with Crippen LogP contribution in [-0.4, -0.2) is 53.0 Å². The molecular weight excluding hydrogens is 424 g/mol. The monoisotopic (exact) mass is 454 g/mol. The Morgan fingerprint density at radius 1 is 1.03 bits per heavy atom. The summed E-state index contributed by atoms with van der Waals surface area (Å²) < 4.78 is 5.51. The van der Waals surface area contributed by atoms with Gasteiger partial charge in [-0.3, -0.25) is 9.59 Å². The average Bonchev–Trinajstić information content (AvgIpc) is 3.07. The first-order valence-electron chi connectivity index (χ1n) is 10.9. The summed E-state index contributed by atoms with van der Waals surface area (Å²) in [5, 5.41) is 24.1. The third-order valence-electron chi connectivity index (χ3n) is 5.74. The average molecular weight is 455 g/mol. The number of carboxylic acid groups (broad SMARTS) is 1. The fraction of sp³-hybridized carbons (Fsp3) is 0.400. The Morgan fingerprint density at radius 3 is 2.09 bits per heavy atom. The molecular formula is C25H30N2O6. The first kappa shape index (κ1) is 24.3. The van der Waals surface area contributed by atoms with Crippen molar-refractivity contribution in [3.8, 4) is 11.1 Å². The number of hydrogen-bond acceptors (Lipinski definition) is 5. The van der Waals surface area contributed by atoms with Crippen LogP contribution in [0, 0.1) is 5.92 Å². The van der Waals surface area contributed by atoms with Crippen LogP contribution < -0.4 is 10.6 Å². The second-order valence-electron chi connectivity index (χ2n) is 8.98. The van der Waals surface area contributed by atoms with Crippen LogP contribution in [0.4, 0.5) is 4.79 Å². The molecule has 176 valence electrons. The third kappa shape index (κ3) is 5.90.